The molecule has 0 bridgehead atoms. The number of hydrogen-bond donors (Lipinski definition) is 1. The first-order valence-corrected chi connectivity index (χ1v) is 6.96. The van der Waals surface area contributed by atoms with E-state index in [4.69, 9.17) is 0 Å². The maximum atomic E-state index is 3.52. The molecule has 3 aliphatic heterocycles. The van der Waals surface area contributed by atoms with E-state index in [0.29, 0.717) is 5.54 Å². The highest BCUT2D eigenvalue weighted by molar-refractivity contribution is 5.03. The molecule has 1 N–H and O–H groups in total. The maximum absolute atomic E-state index is 3.52. The summed E-state index contributed by atoms with van der Waals surface area (Å²) in [6.07, 6.45) is 7.01. The van der Waals surface area contributed by atoms with Crippen LogP contribution in [0.1, 0.15) is 32.1 Å². The lowest BCUT2D eigenvalue weighted by molar-refractivity contribution is -0.0685. The molecule has 0 saturated carbocycles. The Hall–Kier alpha value is -0.120. The molecule has 3 saturated heterocycles. The zero-order valence-corrected chi connectivity index (χ0v) is 10.5. The van der Waals surface area contributed by atoms with Crippen LogP contribution in [0.2, 0.25) is 0 Å². The first-order valence-electron chi connectivity index (χ1n) is 6.96. The summed E-state index contributed by atoms with van der Waals surface area (Å²) in [5, 5.41) is 3.52. The highest BCUT2D eigenvalue weighted by atomic mass is 15.3. The molecule has 0 radical (unpaired) electrons. The Labute approximate surface area is 99.2 Å². The van der Waals surface area contributed by atoms with Crippen LogP contribution in [-0.2, 0) is 0 Å². The number of likely N-dealkylation sites (N-methyl/N-ethyl adjacent to an activating group) is 1. The average molecular weight is 223 g/mol. The molecule has 0 aromatic carbocycles. The van der Waals surface area contributed by atoms with Gasteiger partial charge in [-0.15, -0.1) is 0 Å². The molecule has 0 aromatic rings. The summed E-state index contributed by atoms with van der Waals surface area (Å²) < 4.78 is 0. The van der Waals surface area contributed by atoms with Crippen LogP contribution in [0.3, 0.4) is 0 Å². The van der Waals surface area contributed by atoms with E-state index < -0.39 is 0 Å². The first-order chi connectivity index (χ1) is 7.80. The zero-order valence-electron chi connectivity index (χ0n) is 10.5. The monoisotopic (exact) mass is 223 g/mol. The van der Waals surface area contributed by atoms with Crippen LogP contribution in [0.5, 0.6) is 0 Å². The second-order valence-corrected chi connectivity index (χ2v) is 6.01. The summed E-state index contributed by atoms with van der Waals surface area (Å²) in [5.41, 5.74) is 0.517. The van der Waals surface area contributed by atoms with Gasteiger partial charge in [0.2, 0.25) is 0 Å². The number of nitrogens with one attached hydrogen (secondary N) is 1. The van der Waals surface area contributed by atoms with Crippen molar-refractivity contribution in [3.8, 4) is 0 Å². The summed E-state index contributed by atoms with van der Waals surface area (Å²) in [5.74, 6) is 0. The summed E-state index contributed by atoms with van der Waals surface area (Å²) in [7, 11) is 2.32. The van der Waals surface area contributed by atoms with E-state index in [1.54, 1.807) is 0 Å². The standard InChI is InChI=1S/C13H25N3/c1-15-10-12-4-2-3-9-16(12)13(11-15)5-7-14-8-6-13/h12,14H,2-11H2,1H3. The fourth-order valence-corrected chi connectivity index (χ4v) is 4.17. The van der Waals surface area contributed by atoms with Crippen LogP contribution in [0, 0.1) is 0 Å². The van der Waals surface area contributed by atoms with Crippen molar-refractivity contribution in [1.29, 1.82) is 0 Å². The second kappa shape index (κ2) is 4.28. The SMILES string of the molecule is CN1CC2CCCCN2C2(CCNCC2)C1. The number of nitrogens with zero attached hydrogens (tertiary/aromatic N) is 2. The normalized spacial score (nSPS) is 36.2. The van der Waals surface area contributed by atoms with Gasteiger partial charge in [-0.05, 0) is 52.4 Å². The van der Waals surface area contributed by atoms with Gasteiger partial charge in [0.05, 0.1) is 0 Å². The molecule has 0 aliphatic carbocycles. The highest BCUT2D eigenvalue weighted by Gasteiger charge is 2.46. The van der Waals surface area contributed by atoms with Crippen molar-refractivity contribution in [2.75, 3.05) is 39.8 Å². The van der Waals surface area contributed by atoms with E-state index in [1.165, 1.54) is 64.8 Å². The lowest BCUT2D eigenvalue weighted by Crippen LogP contribution is -2.69. The van der Waals surface area contributed by atoms with Gasteiger partial charge in [0.15, 0.2) is 0 Å². The van der Waals surface area contributed by atoms with Gasteiger partial charge in [-0.3, -0.25) is 4.90 Å². The fraction of sp³-hybridized carbons (Fsp3) is 1.00. The van der Waals surface area contributed by atoms with Crippen molar-refractivity contribution in [3.05, 3.63) is 0 Å². The van der Waals surface area contributed by atoms with E-state index in [-0.39, 0.29) is 0 Å². The predicted octanol–water partition coefficient (Wildman–Crippen LogP) is 0.908. The van der Waals surface area contributed by atoms with Gasteiger partial charge in [-0.2, -0.15) is 0 Å². The Bertz CT molecular complexity index is 248. The first kappa shape index (κ1) is 11.0. The third kappa shape index (κ3) is 1.79. The Balaban J connectivity index is 1.82. The Kier molecular flexibility index (Phi) is 2.94. The molecule has 92 valence electrons. The number of fused-ring (bicyclic) bond motifs is 2. The smallest absolute Gasteiger partial charge is 0.0363 e. The molecule has 3 aliphatic rings. The highest BCUT2D eigenvalue weighted by Crippen LogP contribution is 2.36. The molecule has 1 unspecified atom stereocenters. The quantitative estimate of drug-likeness (QED) is 0.658. The number of piperazine rings is 1. The molecule has 3 fully saturated rings. The number of piperidine rings is 2. The average Bonchev–Trinajstić information content (AvgIpc) is 2.30. The van der Waals surface area contributed by atoms with Gasteiger partial charge in [0.25, 0.3) is 0 Å². The van der Waals surface area contributed by atoms with Gasteiger partial charge in [0.1, 0.15) is 0 Å². The van der Waals surface area contributed by atoms with Gasteiger partial charge < -0.3 is 10.2 Å². The molecule has 0 amide bonds. The van der Waals surface area contributed by atoms with Crippen molar-refractivity contribution in [2.24, 2.45) is 0 Å². The lowest BCUT2D eigenvalue weighted by atomic mass is 9.80. The molecule has 3 heterocycles. The van der Waals surface area contributed by atoms with E-state index in [1.807, 2.05) is 0 Å². The van der Waals surface area contributed by atoms with Gasteiger partial charge >= 0.3 is 0 Å². The molecular weight excluding hydrogens is 198 g/mol. The van der Waals surface area contributed by atoms with Crippen LogP contribution >= 0.6 is 0 Å². The molecular formula is C13H25N3. The van der Waals surface area contributed by atoms with Crippen LogP contribution in [0.4, 0.5) is 0 Å². The lowest BCUT2D eigenvalue weighted by Gasteiger charge is -2.57. The fourth-order valence-electron chi connectivity index (χ4n) is 4.17. The molecule has 3 rings (SSSR count). The minimum absolute atomic E-state index is 0.517. The Morgan fingerprint density at radius 1 is 1.19 bits per heavy atom. The molecule has 0 aromatic heterocycles. The summed E-state index contributed by atoms with van der Waals surface area (Å²) in [6.45, 7) is 6.40. The van der Waals surface area contributed by atoms with Crippen molar-refractivity contribution in [2.45, 2.75) is 43.7 Å². The van der Waals surface area contributed by atoms with E-state index in [0.717, 1.165) is 6.04 Å². The summed E-state index contributed by atoms with van der Waals surface area (Å²) in [6, 6.07) is 0.852. The maximum Gasteiger partial charge on any atom is 0.0363 e. The molecule has 1 spiro atoms. The molecule has 16 heavy (non-hydrogen) atoms. The van der Waals surface area contributed by atoms with Crippen molar-refractivity contribution in [3.63, 3.8) is 0 Å². The van der Waals surface area contributed by atoms with Crippen LogP contribution in [-0.4, -0.2) is 61.2 Å². The molecule has 1 atom stereocenters. The van der Waals surface area contributed by atoms with Gasteiger partial charge in [0, 0.05) is 24.7 Å². The topological polar surface area (TPSA) is 18.5 Å². The second-order valence-electron chi connectivity index (χ2n) is 6.01. The largest absolute Gasteiger partial charge is 0.317 e. The molecule has 3 heteroatoms. The van der Waals surface area contributed by atoms with Gasteiger partial charge in [-0.1, -0.05) is 6.42 Å². The van der Waals surface area contributed by atoms with E-state index in [2.05, 4.69) is 22.2 Å². The van der Waals surface area contributed by atoms with Crippen LogP contribution in [0.15, 0.2) is 0 Å². The number of hydrogen-bond acceptors (Lipinski definition) is 3. The Morgan fingerprint density at radius 2 is 2.00 bits per heavy atom. The predicted molar refractivity (Wildman–Crippen MR) is 66.7 cm³/mol. The van der Waals surface area contributed by atoms with Crippen LogP contribution < -0.4 is 5.32 Å². The summed E-state index contributed by atoms with van der Waals surface area (Å²) >= 11 is 0. The van der Waals surface area contributed by atoms with Crippen molar-refractivity contribution >= 4 is 0 Å². The Morgan fingerprint density at radius 3 is 2.81 bits per heavy atom. The third-order valence-corrected chi connectivity index (χ3v) is 4.86. The summed E-state index contributed by atoms with van der Waals surface area (Å²) in [4.78, 5) is 5.47. The van der Waals surface area contributed by atoms with Crippen molar-refractivity contribution in [1.82, 2.24) is 15.1 Å². The minimum Gasteiger partial charge on any atom is -0.317 e. The van der Waals surface area contributed by atoms with E-state index in [9.17, 15) is 0 Å². The number of rotatable bonds is 0. The van der Waals surface area contributed by atoms with Crippen molar-refractivity contribution < 1.29 is 0 Å². The van der Waals surface area contributed by atoms with Gasteiger partial charge in [-0.25, -0.2) is 0 Å². The van der Waals surface area contributed by atoms with E-state index >= 15 is 0 Å². The minimum atomic E-state index is 0.517. The molecule has 3 nitrogen and oxygen atoms in total. The van der Waals surface area contributed by atoms with Crippen LogP contribution in [0.25, 0.3) is 0 Å². The zero-order chi connectivity index (χ0) is 11.0. The third-order valence-electron chi connectivity index (χ3n) is 4.86.